The molecule has 2 atom stereocenters. The quantitative estimate of drug-likeness (QED) is 0.895. The summed E-state index contributed by atoms with van der Waals surface area (Å²) in [7, 11) is 0. The van der Waals surface area contributed by atoms with Gasteiger partial charge in [0, 0.05) is 23.3 Å². The van der Waals surface area contributed by atoms with Gasteiger partial charge in [0.25, 0.3) is 5.91 Å². The van der Waals surface area contributed by atoms with Gasteiger partial charge in [0.1, 0.15) is 5.69 Å². The summed E-state index contributed by atoms with van der Waals surface area (Å²) >= 11 is 3.33. The van der Waals surface area contributed by atoms with Gasteiger partial charge >= 0.3 is 0 Å². The van der Waals surface area contributed by atoms with E-state index in [1.54, 1.807) is 12.3 Å². The van der Waals surface area contributed by atoms with Crippen LogP contribution >= 0.6 is 15.9 Å². The van der Waals surface area contributed by atoms with E-state index in [2.05, 4.69) is 26.2 Å². The van der Waals surface area contributed by atoms with E-state index in [-0.39, 0.29) is 18.6 Å². The summed E-state index contributed by atoms with van der Waals surface area (Å²) in [5.41, 5.74) is 0.423. The molecule has 1 aliphatic carbocycles. The number of halogens is 1. The maximum absolute atomic E-state index is 12.1. The number of amides is 1. The van der Waals surface area contributed by atoms with Crippen molar-refractivity contribution in [1.82, 2.24) is 10.3 Å². The molecule has 0 aliphatic heterocycles. The molecule has 98 valence electrons. The Labute approximate surface area is 115 Å². The van der Waals surface area contributed by atoms with Crippen molar-refractivity contribution in [3.05, 3.63) is 28.5 Å². The highest BCUT2D eigenvalue weighted by atomic mass is 79.9. The van der Waals surface area contributed by atoms with Crippen LogP contribution in [0.2, 0.25) is 0 Å². The fraction of sp³-hybridized carbons (Fsp3) is 0.538. The van der Waals surface area contributed by atoms with Crippen molar-refractivity contribution in [2.24, 2.45) is 5.92 Å². The van der Waals surface area contributed by atoms with E-state index in [1.807, 2.05) is 6.07 Å². The molecule has 2 rings (SSSR count). The third kappa shape index (κ3) is 3.09. The lowest BCUT2D eigenvalue weighted by molar-refractivity contribution is 0.0917. The molecule has 2 unspecified atom stereocenters. The molecule has 18 heavy (non-hydrogen) atoms. The van der Waals surface area contributed by atoms with Crippen LogP contribution in [0, 0.1) is 5.92 Å². The van der Waals surface area contributed by atoms with E-state index in [4.69, 9.17) is 5.11 Å². The van der Waals surface area contributed by atoms with Crippen molar-refractivity contribution in [2.75, 3.05) is 6.61 Å². The van der Waals surface area contributed by atoms with Gasteiger partial charge in [0.2, 0.25) is 0 Å². The number of carbonyl (C=O) groups excluding carboxylic acids is 1. The molecule has 0 spiro atoms. The molecule has 1 aromatic heterocycles. The van der Waals surface area contributed by atoms with Gasteiger partial charge in [-0.2, -0.15) is 0 Å². The monoisotopic (exact) mass is 312 g/mol. The molecule has 0 radical (unpaired) electrons. The van der Waals surface area contributed by atoms with Crippen LogP contribution in [0.15, 0.2) is 22.8 Å². The number of aliphatic hydroxyl groups is 1. The third-order valence-corrected chi connectivity index (χ3v) is 4.09. The zero-order valence-electron chi connectivity index (χ0n) is 10.1. The van der Waals surface area contributed by atoms with Crippen LogP contribution in [-0.4, -0.2) is 28.6 Å². The van der Waals surface area contributed by atoms with Crippen molar-refractivity contribution in [2.45, 2.75) is 31.7 Å². The van der Waals surface area contributed by atoms with E-state index in [1.165, 1.54) is 0 Å². The number of nitrogens with zero attached hydrogens (tertiary/aromatic N) is 1. The highest BCUT2D eigenvalue weighted by molar-refractivity contribution is 9.10. The zero-order chi connectivity index (χ0) is 13.0. The maximum Gasteiger partial charge on any atom is 0.271 e. The Hall–Kier alpha value is -0.940. The van der Waals surface area contributed by atoms with Gasteiger partial charge in [-0.1, -0.05) is 6.42 Å². The van der Waals surface area contributed by atoms with E-state index >= 15 is 0 Å². The smallest absolute Gasteiger partial charge is 0.271 e. The first-order valence-corrected chi connectivity index (χ1v) is 7.04. The second-order valence-corrected chi connectivity index (χ2v) is 5.47. The minimum absolute atomic E-state index is 0.141. The fourth-order valence-electron chi connectivity index (χ4n) is 2.53. The number of nitrogens with one attached hydrogen (secondary N) is 1. The number of rotatable bonds is 4. The summed E-state index contributed by atoms with van der Waals surface area (Å²) in [4.78, 5) is 16.2. The number of hydrogen-bond donors (Lipinski definition) is 2. The van der Waals surface area contributed by atoms with Crippen LogP contribution in [0.25, 0.3) is 0 Å². The average molecular weight is 313 g/mol. The molecular weight excluding hydrogens is 296 g/mol. The first-order valence-electron chi connectivity index (χ1n) is 6.24. The Morgan fingerprint density at radius 2 is 2.39 bits per heavy atom. The highest BCUT2D eigenvalue weighted by Crippen LogP contribution is 2.28. The van der Waals surface area contributed by atoms with Crippen molar-refractivity contribution in [3.8, 4) is 0 Å². The maximum atomic E-state index is 12.1. The van der Waals surface area contributed by atoms with Crippen LogP contribution in [0.1, 0.15) is 36.2 Å². The van der Waals surface area contributed by atoms with Gasteiger partial charge < -0.3 is 10.4 Å². The summed E-state index contributed by atoms with van der Waals surface area (Å²) in [6.07, 6.45) is 5.54. The molecule has 1 aromatic rings. The van der Waals surface area contributed by atoms with E-state index in [0.29, 0.717) is 16.1 Å². The Balaban J connectivity index is 2.01. The SMILES string of the molecule is O=C(NC1CCCC1CCO)c1ncccc1Br. The molecule has 1 aliphatic rings. The van der Waals surface area contributed by atoms with Crippen LogP contribution in [0.3, 0.4) is 0 Å². The fourth-order valence-corrected chi connectivity index (χ4v) is 2.96. The van der Waals surface area contributed by atoms with E-state index in [9.17, 15) is 4.79 Å². The first kappa shape index (κ1) is 13.5. The van der Waals surface area contributed by atoms with Crippen molar-refractivity contribution in [1.29, 1.82) is 0 Å². The van der Waals surface area contributed by atoms with Crippen LogP contribution in [0.4, 0.5) is 0 Å². The molecule has 1 heterocycles. The predicted molar refractivity (Wildman–Crippen MR) is 72.2 cm³/mol. The Morgan fingerprint density at radius 1 is 1.56 bits per heavy atom. The minimum atomic E-state index is -0.141. The molecule has 0 saturated heterocycles. The normalized spacial score (nSPS) is 23.0. The lowest BCUT2D eigenvalue weighted by Crippen LogP contribution is -2.38. The molecule has 1 saturated carbocycles. The van der Waals surface area contributed by atoms with Crippen molar-refractivity contribution in [3.63, 3.8) is 0 Å². The molecule has 2 N–H and O–H groups in total. The molecule has 5 heteroatoms. The third-order valence-electron chi connectivity index (χ3n) is 3.45. The molecule has 0 aromatic carbocycles. The number of carbonyl (C=O) groups is 1. The lowest BCUT2D eigenvalue weighted by atomic mass is 10.00. The standard InChI is InChI=1S/C13H17BrN2O2/c14-10-4-2-7-15-12(10)13(18)16-11-5-1-3-9(11)6-8-17/h2,4,7,9,11,17H,1,3,5-6,8H2,(H,16,18). The first-order chi connectivity index (χ1) is 8.72. The molecule has 0 bridgehead atoms. The van der Waals surface area contributed by atoms with Gasteiger partial charge in [-0.25, -0.2) is 4.98 Å². The van der Waals surface area contributed by atoms with Gasteiger partial charge in [0.05, 0.1) is 0 Å². The molecular formula is C13H17BrN2O2. The summed E-state index contributed by atoms with van der Waals surface area (Å²) in [6, 6.07) is 3.76. The van der Waals surface area contributed by atoms with E-state index < -0.39 is 0 Å². The Morgan fingerprint density at radius 3 is 3.11 bits per heavy atom. The van der Waals surface area contributed by atoms with Crippen molar-refractivity contribution >= 4 is 21.8 Å². The van der Waals surface area contributed by atoms with Crippen LogP contribution in [-0.2, 0) is 0 Å². The van der Waals surface area contributed by atoms with Crippen molar-refractivity contribution < 1.29 is 9.90 Å². The Bertz CT molecular complexity index is 425. The van der Waals surface area contributed by atoms with Gasteiger partial charge in [0.15, 0.2) is 0 Å². The number of aliphatic hydroxyl groups excluding tert-OH is 1. The summed E-state index contributed by atoms with van der Waals surface area (Å²) in [5.74, 6) is 0.249. The largest absolute Gasteiger partial charge is 0.396 e. The molecule has 4 nitrogen and oxygen atoms in total. The van der Waals surface area contributed by atoms with Gasteiger partial charge in [-0.3, -0.25) is 4.79 Å². The minimum Gasteiger partial charge on any atom is -0.396 e. The van der Waals surface area contributed by atoms with Crippen LogP contribution < -0.4 is 5.32 Å². The number of hydrogen-bond acceptors (Lipinski definition) is 3. The lowest BCUT2D eigenvalue weighted by Gasteiger charge is -2.20. The van der Waals surface area contributed by atoms with Crippen LogP contribution in [0.5, 0.6) is 0 Å². The summed E-state index contributed by atoms with van der Waals surface area (Å²) in [5, 5.41) is 12.0. The number of pyridine rings is 1. The highest BCUT2D eigenvalue weighted by Gasteiger charge is 2.28. The molecule has 1 fully saturated rings. The summed E-state index contributed by atoms with van der Waals surface area (Å²) in [6.45, 7) is 0.185. The Kier molecular flexibility index (Phi) is 4.72. The zero-order valence-corrected chi connectivity index (χ0v) is 11.7. The second kappa shape index (κ2) is 6.29. The van der Waals surface area contributed by atoms with E-state index in [0.717, 1.165) is 25.7 Å². The topological polar surface area (TPSA) is 62.2 Å². The second-order valence-electron chi connectivity index (χ2n) is 4.62. The predicted octanol–water partition coefficient (Wildman–Crippen LogP) is 2.12. The number of aromatic nitrogens is 1. The van der Waals surface area contributed by atoms with Gasteiger partial charge in [-0.15, -0.1) is 0 Å². The average Bonchev–Trinajstić information content (AvgIpc) is 2.78. The summed E-state index contributed by atoms with van der Waals surface area (Å²) < 4.78 is 0.708. The molecule has 1 amide bonds. The van der Waals surface area contributed by atoms with Gasteiger partial charge in [-0.05, 0) is 53.2 Å².